The summed E-state index contributed by atoms with van der Waals surface area (Å²) in [6, 6.07) is 0. The lowest BCUT2D eigenvalue weighted by Gasteiger charge is -2.02. The van der Waals surface area contributed by atoms with Crippen molar-refractivity contribution in [3.63, 3.8) is 0 Å². The SMILES string of the molecule is CCCCCCCCCC(=O)NOC. The molecule has 0 rings (SSSR count). The maximum atomic E-state index is 10.9. The zero-order chi connectivity index (χ0) is 10.6. The Hall–Kier alpha value is -0.570. The Kier molecular flexibility index (Phi) is 10.1. The fraction of sp³-hybridized carbons (Fsp3) is 0.909. The molecule has 0 heterocycles. The minimum Gasteiger partial charge on any atom is -0.277 e. The zero-order valence-corrected chi connectivity index (χ0v) is 9.47. The highest BCUT2D eigenvalue weighted by molar-refractivity contribution is 5.74. The number of amides is 1. The molecule has 0 fully saturated rings. The second-order valence-electron chi connectivity index (χ2n) is 3.60. The van der Waals surface area contributed by atoms with Gasteiger partial charge in [0.25, 0.3) is 0 Å². The van der Waals surface area contributed by atoms with Crippen molar-refractivity contribution in [3.05, 3.63) is 0 Å². The first-order chi connectivity index (χ1) is 6.81. The van der Waals surface area contributed by atoms with E-state index in [1.165, 1.54) is 39.2 Å². The molecule has 3 nitrogen and oxygen atoms in total. The van der Waals surface area contributed by atoms with Gasteiger partial charge in [0, 0.05) is 6.42 Å². The number of hydrogen-bond acceptors (Lipinski definition) is 2. The Balaban J connectivity index is 3.01. The van der Waals surface area contributed by atoms with Gasteiger partial charge in [-0.05, 0) is 6.42 Å². The van der Waals surface area contributed by atoms with Crippen LogP contribution in [0, 0.1) is 0 Å². The van der Waals surface area contributed by atoms with E-state index < -0.39 is 0 Å². The van der Waals surface area contributed by atoms with Crippen LogP contribution in [-0.2, 0) is 9.63 Å². The van der Waals surface area contributed by atoms with Gasteiger partial charge in [0.1, 0.15) is 0 Å². The lowest BCUT2D eigenvalue weighted by molar-refractivity contribution is -0.131. The number of rotatable bonds is 9. The van der Waals surface area contributed by atoms with Crippen LogP contribution in [0.15, 0.2) is 0 Å². The van der Waals surface area contributed by atoms with Crippen LogP contribution in [0.1, 0.15) is 58.3 Å². The van der Waals surface area contributed by atoms with E-state index in [0.717, 1.165) is 12.8 Å². The number of hydrogen-bond donors (Lipinski definition) is 1. The first-order valence-electron chi connectivity index (χ1n) is 5.63. The molecule has 0 saturated heterocycles. The fourth-order valence-electron chi connectivity index (χ4n) is 1.41. The van der Waals surface area contributed by atoms with Crippen molar-refractivity contribution in [2.75, 3.05) is 7.11 Å². The standard InChI is InChI=1S/C11H23NO2/c1-3-4-5-6-7-8-9-10-11(13)12-14-2/h3-10H2,1-2H3,(H,12,13). The summed E-state index contributed by atoms with van der Waals surface area (Å²) in [6.07, 6.45) is 9.23. The Labute approximate surface area is 87.2 Å². The van der Waals surface area contributed by atoms with Gasteiger partial charge in [0.15, 0.2) is 0 Å². The molecular formula is C11H23NO2. The lowest BCUT2D eigenvalue weighted by Crippen LogP contribution is -2.21. The van der Waals surface area contributed by atoms with Crippen molar-refractivity contribution in [3.8, 4) is 0 Å². The molecule has 0 atom stereocenters. The van der Waals surface area contributed by atoms with E-state index >= 15 is 0 Å². The summed E-state index contributed by atoms with van der Waals surface area (Å²) in [5, 5.41) is 0. The lowest BCUT2D eigenvalue weighted by atomic mass is 10.1. The third-order valence-corrected chi connectivity index (χ3v) is 2.22. The first-order valence-corrected chi connectivity index (χ1v) is 5.63. The van der Waals surface area contributed by atoms with Gasteiger partial charge in [-0.15, -0.1) is 0 Å². The number of carbonyl (C=O) groups excluding carboxylic acids is 1. The molecule has 14 heavy (non-hydrogen) atoms. The Bertz CT molecular complexity index is 137. The van der Waals surface area contributed by atoms with E-state index in [0.29, 0.717) is 6.42 Å². The minimum atomic E-state index is -0.0129. The highest BCUT2D eigenvalue weighted by atomic mass is 16.6. The van der Waals surface area contributed by atoms with Crippen LogP contribution in [0.5, 0.6) is 0 Å². The van der Waals surface area contributed by atoms with Crippen molar-refractivity contribution in [2.45, 2.75) is 58.3 Å². The molecule has 0 saturated carbocycles. The topological polar surface area (TPSA) is 38.3 Å². The van der Waals surface area contributed by atoms with Crippen molar-refractivity contribution in [2.24, 2.45) is 0 Å². The van der Waals surface area contributed by atoms with Gasteiger partial charge in [-0.25, -0.2) is 5.48 Å². The number of carbonyl (C=O) groups is 1. The summed E-state index contributed by atoms with van der Waals surface area (Å²) < 4.78 is 0. The maximum Gasteiger partial charge on any atom is 0.243 e. The normalized spacial score (nSPS) is 10.1. The fourth-order valence-corrected chi connectivity index (χ4v) is 1.41. The van der Waals surface area contributed by atoms with Crippen LogP contribution >= 0.6 is 0 Å². The molecule has 0 aliphatic rings. The largest absolute Gasteiger partial charge is 0.277 e. The predicted molar refractivity (Wildman–Crippen MR) is 57.8 cm³/mol. The molecule has 0 spiro atoms. The van der Waals surface area contributed by atoms with Crippen molar-refractivity contribution < 1.29 is 9.63 Å². The first kappa shape index (κ1) is 13.4. The second kappa shape index (κ2) is 10.5. The summed E-state index contributed by atoms with van der Waals surface area (Å²) in [6.45, 7) is 2.22. The van der Waals surface area contributed by atoms with Crippen LogP contribution < -0.4 is 5.48 Å². The highest BCUT2D eigenvalue weighted by Crippen LogP contribution is 2.07. The average molecular weight is 201 g/mol. The summed E-state index contributed by atoms with van der Waals surface area (Å²) in [4.78, 5) is 15.5. The van der Waals surface area contributed by atoms with E-state index in [1.54, 1.807) is 0 Å². The molecule has 0 aromatic rings. The van der Waals surface area contributed by atoms with Crippen molar-refractivity contribution in [1.82, 2.24) is 5.48 Å². The summed E-state index contributed by atoms with van der Waals surface area (Å²) in [5.41, 5.74) is 2.32. The van der Waals surface area contributed by atoms with E-state index in [4.69, 9.17) is 0 Å². The van der Waals surface area contributed by atoms with Crippen LogP contribution in [0.2, 0.25) is 0 Å². The third kappa shape index (κ3) is 9.52. The molecule has 0 radical (unpaired) electrons. The van der Waals surface area contributed by atoms with Crippen LogP contribution in [0.4, 0.5) is 0 Å². The average Bonchev–Trinajstić information content (AvgIpc) is 2.17. The quantitative estimate of drug-likeness (QED) is 0.460. The molecule has 0 bridgehead atoms. The summed E-state index contributed by atoms with van der Waals surface area (Å²) in [5.74, 6) is -0.0129. The van der Waals surface area contributed by atoms with Crippen LogP contribution in [0.25, 0.3) is 0 Å². The third-order valence-electron chi connectivity index (χ3n) is 2.22. The molecule has 3 heteroatoms. The molecule has 84 valence electrons. The molecule has 1 N–H and O–H groups in total. The summed E-state index contributed by atoms with van der Waals surface area (Å²) >= 11 is 0. The van der Waals surface area contributed by atoms with Gasteiger partial charge in [0.05, 0.1) is 7.11 Å². The van der Waals surface area contributed by atoms with Gasteiger partial charge in [-0.1, -0.05) is 45.4 Å². The van der Waals surface area contributed by atoms with E-state index in [1.807, 2.05) is 0 Å². The van der Waals surface area contributed by atoms with Gasteiger partial charge >= 0.3 is 0 Å². The summed E-state index contributed by atoms with van der Waals surface area (Å²) in [7, 11) is 1.46. The zero-order valence-electron chi connectivity index (χ0n) is 9.47. The molecule has 0 aromatic carbocycles. The smallest absolute Gasteiger partial charge is 0.243 e. The minimum absolute atomic E-state index is 0.0129. The van der Waals surface area contributed by atoms with Gasteiger partial charge in [-0.3, -0.25) is 9.63 Å². The molecule has 0 unspecified atom stereocenters. The molecule has 0 aliphatic heterocycles. The highest BCUT2D eigenvalue weighted by Gasteiger charge is 1.98. The predicted octanol–water partition coefficient (Wildman–Crippen LogP) is 2.80. The van der Waals surface area contributed by atoms with E-state index in [9.17, 15) is 4.79 Å². The van der Waals surface area contributed by atoms with Crippen molar-refractivity contribution in [1.29, 1.82) is 0 Å². The van der Waals surface area contributed by atoms with Crippen LogP contribution in [0.3, 0.4) is 0 Å². The Morgan fingerprint density at radius 1 is 1.07 bits per heavy atom. The number of hydroxylamine groups is 1. The maximum absolute atomic E-state index is 10.9. The Morgan fingerprint density at radius 2 is 1.64 bits per heavy atom. The van der Waals surface area contributed by atoms with Crippen LogP contribution in [-0.4, -0.2) is 13.0 Å². The van der Waals surface area contributed by atoms with Gasteiger partial charge < -0.3 is 0 Å². The Morgan fingerprint density at radius 3 is 2.21 bits per heavy atom. The molecule has 0 aromatic heterocycles. The van der Waals surface area contributed by atoms with Gasteiger partial charge in [0.2, 0.25) is 5.91 Å². The van der Waals surface area contributed by atoms with E-state index in [-0.39, 0.29) is 5.91 Å². The number of unbranched alkanes of at least 4 members (excludes halogenated alkanes) is 6. The molecular weight excluding hydrogens is 178 g/mol. The second-order valence-corrected chi connectivity index (χ2v) is 3.60. The molecule has 0 aliphatic carbocycles. The van der Waals surface area contributed by atoms with Crippen molar-refractivity contribution >= 4 is 5.91 Å². The number of nitrogens with one attached hydrogen (secondary N) is 1. The van der Waals surface area contributed by atoms with Gasteiger partial charge in [-0.2, -0.15) is 0 Å². The monoisotopic (exact) mass is 201 g/mol. The molecule has 1 amide bonds. The van der Waals surface area contributed by atoms with E-state index in [2.05, 4.69) is 17.2 Å².